The zero-order chi connectivity index (χ0) is 32.3. The van der Waals surface area contributed by atoms with Crippen molar-refractivity contribution < 1.29 is 41.0 Å². The summed E-state index contributed by atoms with van der Waals surface area (Å²) < 4.78 is 75.6. The van der Waals surface area contributed by atoms with Crippen LogP contribution in [0.15, 0.2) is 18.2 Å². The van der Waals surface area contributed by atoms with E-state index in [1.165, 1.54) is 6.07 Å². The Bertz CT molecular complexity index is 1540. The van der Waals surface area contributed by atoms with Crippen LogP contribution >= 0.6 is 23.2 Å². The summed E-state index contributed by atoms with van der Waals surface area (Å²) in [6.07, 6.45) is -6.30. The van der Waals surface area contributed by atoms with E-state index in [0.717, 1.165) is 6.42 Å². The van der Waals surface area contributed by atoms with Gasteiger partial charge in [0.05, 0.1) is 27.2 Å². The summed E-state index contributed by atoms with van der Waals surface area (Å²) in [5, 5.41) is 8.83. The lowest BCUT2D eigenvalue weighted by atomic mass is 9.85. The Labute approximate surface area is 263 Å². The van der Waals surface area contributed by atoms with Gasteiger partial charge >= 0.3 is 6.18 Å². The fourth-order valence-corrected chi connectivity index (χ4v) is 5.81. The fraction of sp³-hybridized carbons (Fsp3) is 0.500. The van der Waals surface area contributed by atoms with Gasteiger partial charge in [0.2, 0.25) is 17.7 Å². The van der Waals surface area contributed by atoms with Crippen LogP contribution in [0.4, 0.5) is 33.6 Å². The molecular formula is C28H29Cl2F5N6O4. The summed E-state index contributed by atoms with van der Waals surface area (Å²) in [7, 11) is 0. The lowest BCUT2D eigenvalue weighted by Crippen LogP contribution is -2.40. The van der Waals surface area contributed by atoms with E-state index in [1.54, 1.807) is 12.1 Å². The van der Waals surface area contributed by atoms with E-state index in [0.29, 0.717) is 18.6 Å². The molecule has 3 heterocycles. The molecule has 1 aromatic carbocycles. The number of halogens is 7. The van der Waals surface area contributed by atoms with Crippen LogP contribution in [0.1, 0.15) is 54.4 Å². The van der Waals surface area contributed by atoms with E-state index in [4.69, 9.17) is 32.7 Å². The third-order valence-corrected chi connectivity index (χ3v) is 8.39. The summed E-state index contributed by atoms with van der Waals surface area (Å²) >= 11 is 13.0. The number of anilines is 2. The van der Waals surface area contributed by atoms with Crippen molar-refractivity contribution in [2.24, 2.45) is 5.92 Å². The number of hydrogen-bond acceptors (Lipinski definition) is 7. The number of imidazole rings is 1. The van der Waals surface area contributed by atoms with Crippen molar-refractivity contribution in [3.05, 3.63) is 39.4 Å². The van der Waals surface area contributed by atoms with Crippen LogP contribution in [0.25, 0.3) is 11.2 Å². The molecule has 1 saturated carbocycles. The van der Waals surface area contributed by atoms with Crippen LogP contribution in [0, 0.1) is 5.92 Å². The van der Waals surface area contributed by atoms with Crippen LogP contribution in [0.3, 0.4) is 0 Å². The van der Waals surface area contributed by atoms with Crippen LogP contribution in [0.2, 0.25) is 10.0 Å². The predicted molar refractivity (Wildman–Crippen MR) is 155 cm³/mol. The molecule has 2 amide bonds. The highest BCUT2D eigenvalue weighted by Gasteiger charge is 2.41. The summed E-state index contributed by atoms with van der Waals surface area (Å²) in [5.74, 6) is -2.75. The lowest BCUT2D eigenvalue weighted by Gasteiger charge is -2.30. The molecule has 244 valence electrons. The van der Waals surface area contributed by atoms with Crippen molar-refractivity contribution in [3.8, 4) is 5.88 Å². The number of aromatic nitrogens is 3. The second-order valence-electron chi connectivity index (χ2n) is 10.8. The minimum absolute atomic E-state index is 0.0104. The molecule has 45 heavy (non-hydrogen) atoms. The second kappa shape index (κ2) is 13.9. The molecular weight excluding hydrogens is 650 g/mol. The van der Waals surface area contributed by atoms with Gasteiger partial charge in [-0.2, -0.15) is 23.1 Å². The molecule has 3 aromatic rings. The minimum Gasteiger partial charge on any atom is -0.471 e. The quantitative estimate of drug-likeness (QED) is 0.185. The Hall–Kier alpha value is -3.43. The first kappa shape index (κ1) is 32.9. The molecule has 1 aliphatic heterocycles. The Balaban J connectivity index is 1.34. The van der Waals surface area contributed by atoms with Crippen LogP contribution in [-0.2, 0) is 16.1 Å². The van der Waals surface area contributed by atoms with Crippen molar-refractivity contribution in [2.75, 3.05) is 18.5 Å². The van der Waals surface area contributed by atoms with Crippen LogP contribution in [-0.4, -0.2) is 64.7 Å². The Morgan fingerprint density at radius 3 is 2.53 bits per heavy atom. The summed E-state index contributed by atoms with van der Waals surface area (Å²) in [6, 6.07) is 3.99. The van der Waals surface area contributed by atoms with E-state index in [9.17, 15) is 31.5 Å². The number of pyridine rings is 1. The number of amides is 2. The Morgan fingerprint density at radius 2 is 1.87 bits per heavy atom. The Morgan fingerprint density at radius 1 is 1.11 bits per heavy atom. The third-order valence-electron chi connectivity index (χ3n) is 7.64. The highest BCUT2D eigenvalue weighted by molar-refractivity contribution is 6.39. The number of benzene rings is 1. The first-order chi connectivity index (χ1) is 21.4. The van der Waals surface area contributed by atoms with Crippen molar-refractivity contribution >= 4 is 57.8 Å². The van der Waals surface area contributed by atoms with Crippen molar-refractivity contribution in [1.29, 1.82) is 0 Å². The van der Waals surface area contributed by atoms with Gasteiger partial charge in [0.15, 0.2) is 12.3 Å². The molecule has 1 aliphatic carbocycles. The Kier molecular flexibility index (Phi) is 10.2. The van der Waals surface area contributed by atoms with Gasteiger partial charge in [-0.3, -0.25) is 9.59 Å². The van der Waals surface area contributed by atoms with Gasteiger partial charge in [0.25, 0.3) is 12.3 Å². The normalized spacial score (nSPS) is 20.4. The largest absolute Gasteiger partial charge is 0.471 e. The monoisotopic (exact) mass is 678 g/mol. The maximum absolute atomic E-state index is 13.2. The van der Waals surface area contributed by atoms with E-state index in [-0.39, 0.29) is 76.5 Å². The average molecular weight is 679 g/mol. The molecule has 17 heteroatoms. The molecule has 2 fully saturated rings. The van der Waals surface area contributed by atoms with E-state index in [1.807, 2.05) is 0 Å². The standard InChI is InChI=1S/C28H29Cl2F5N6O4/c29-17-8-3-13(11-36-25(43)19-2-1-9-44-19)21(30)22(17)39-27-38-18-10-16(26(40-23(18)41-27)45-12-20(31)32)24(42)37-15-6-4-14(5-7-15)28(33,34)35/h3,8,10,14-15,19-20H,1-2,4-7,9,11-12H2,(H,36,43)(H,37,42)(H2,38,39,40,41)/t14-,15-,19?. The molecule has 1 unspecified atom stereocenters. The summed E-state index contributed by atoms with van der Waals surface area (Å²) in [4.78, 5) is 36.9. The highest BCUT2D eigenvalue weighted by Crippen LogP contribution is 2.38. The van der Waals surface area contributed by atoms with Crippen LogP contribution < -0.4 is 20.7 Å². The fourth-order valence-electron chi connectivity index (χ4n) is 5.27. The molecule has 5 rings (SSSR count). The topological polar surface area (TPSA) is 130 Å². The first-order valence-electron chi connectivity index (χ1n) is 14.2. The van der Waals surface area contributed by atoms with Crippen molar-refractivity contribution in [2.45, 2.75) is 69.8 Å². The number of fused-ring (bicyclic) bond motifs is 1. The molecule has 4 N–H and O–H groups in total. The number of aromatic amines is 1. The summed E-state index contributed by atoms with van der Waals surface area (Å²) in [5.41, 5.74) is 0.838. The second-order valence-corrected chi connectivity index (χ2v) is 11.6. The number of nitrogens with one attached hydrogen (secondary N) is 4. The lowest BCUT2D eigenvalue weighted by molar-refractivity contribution is -0.182. The minimum atomic E-state index is -4.30. The van der Waals surface area contributed by atoms with Gasteiger partial charge in [-0.15, -0.1) is 0 Å². The van der Waals surface area contributed by atoms with E-state index in [2.05, 4.69) is 30.9 Å². The molecule has 0 radical (unpaired) electrons. The molecule has 1 atom stereocenters. The molecule has 2 aliphatic rings. The number of alkyl halides is 5. The smallest absolute Gasteiger partial charge is 0.391 e. The number of carbonyl (C=O) groups excluding carboxylic acids is 2. The third kappa shape index (κ3) is 8.05. The number of hydrogen-bond donors (Lipinski definition) is 4. The zero-order valence-corrected chi connectivity index (χ0v) is 25.1. The maximum Gasteiger partial charge on any atom is 0.391 e. The molecule has 2 aromatic heterocycles. The van der Waals surface area contributed by atoms with Crippen LogP contribution in [0.5, 0.6) is 5.88 Å². The van der Waals surface area contributed by atoms with Crippen molar-refractivity contribution in [1.82, 2.24) is 25.6 Å². The van der Waals surface area contributed by atoms with E-state index >= 15 is 0 Å². The number of nitrogens with zero attached hydrogens (tertiary/aromatic N) is 2. The zero-order valence-electron chi connectivity index (χ0n) is 23.6. The maximum atomic E-state index is 13.2. The average Bonchev–Trinajstić information content (AvgIpc) is 3.67. The van der Waals surface area contributed by atoms with Gasteiger partial charge in [-0.25, -0.2) is 8.78 Å². The van der Waals surface area contributed by atoms with Gasteiger partial charge < -0.3 is 30.4 Å². The first-order valence-corrected chi connectivity index (χ1v) is 15.0. The summed E-state index contributed by atoms with van der Waals surface area (Å²) in [6.45, 7) is -0.420. The predicted octanol–water partition coefficient (Wildman–Crippen LogP) is 6.30. The number of ether oxygens (including phenoxy) is 2. The highest BCUT2D eigenvalue weighted by atomic mass is 35.5. The number of H-pyrrole nitrogens is 1. The van der Waals surface area contributed by atoms with Crippen molar-refractivity contribution in [3.63, 3.8) is 0 Å². The molecule has 10 nitrogen and oxygen atoms in total. The van der Waals surface area contributed by atoms with Gasteiger partial charge in [-0.1, -0.05) is 29.3 Å². The van der Waals surface area contributed by atoms with Gasteiger partial charge in [-0.05, 0) is 56.2 Å². The van der Waals surface area contributed by atoms with Gasteiger partial charge in [0.1, 0.15) is 11.7 Å². The molecule has 0 bridgehead atoms. The molecule has 0 spiro atoms. The van der Waals surface area contributed by atoms with Gasteiger partial charge in [0, 0.05) is 19.2 Å². The number of carbonyl (C=O) groups is 2. The number of rotatable bonds is 10. The molecule has 1 saturated heterocycles. The SMILES string of the molecule is O=C(N[C@H]1CC[C@H](C(F)(F)F)CC1)c1cc2[nH]c(Nc3c(Cl)ccc(CNC(=O)C4CCCO4)c3Cl)nc2nc1OCC(F)F. The van der Waals surface area contributed by atoms with E-state index < -0.39 is 49.1 Å².